The summed E-state index contributed by atoms with van der Waals surface area (Å²) >= 11 is 0. The van der Waals surface area contributed by atoms with Gasteiger partial charge in [-0.25, -0.2) is 4.39 Å². The molecule has 0 aliphatic rings. The first-order valence-corrected chi connectivity index (χ1v) is 8.82. The first kappa shape index (κ1) is 21.1. The van der Waals surface area contributed by atoms with E-state index in [0.29, 0.717) is 0 Å². The van der Waals surface area contributed by atoms with Crippen molar-refractivity contribution in [3.8, 4) is 0 Å². The van der Waals surface area contributed by atoms with Gasteiger partial charge in [0.05, 0.1) is 11.6 Å². The highest BCUT2D eigenvalue weighted by Crippen LogP contribution is 2.16. The zero-order valence-electron chi connectivity index (χ0n) is 16.0. The van der Waals surface area contributed by atoms with Crippen LogP contribution in [-0.4, -0.2) is 30.9 Å². The fraction of sp³-hybridized carbons (Fsp3) is 0.286. The van der Waals surface area contributed by atoms with E-state index in [2.05, 4.69) is 10.6 Å². The van der Waals surface area contributed by atoms with Crippen molar-refractivity contribution in [2.75, 3.05) is 13.2 Å². The van der Waals surface area contributed by atoms with Crippen LogP contribution in [0.3, 0.4) is 0 Å². The number of halogens is 1. The van der Waals surface area contributed by atoms with E-state index >= 15 is 0 Å². The number of aryl methyl sites for hydroxylation is 2. The van der Waals surface area contributed by atoms with Crippen molar-refractivity contribution in [1.29, 1.82) is 0 Å². The van der Waals surface area contributed by atoms with Crippen LogP contribution in [-0.2, 0) is 14.3 Å². The number of rotatable bonds is 7. The topological polar surface area (TPSA) is 84.5 Å². The van der Waals surface area contributed by atoms with E-state index in [1.54, 1.807) is 0 Å². The van der Waals surface area contributed by atoms with Gasteiger partial charge in [-0.3, -0.25) is 14.4 Å². The molecule has 2 aromatic rings. The summed E-state index contributed by atoms with van der Waals surface area (Å²) in [7, 11) is 0. The van der Waals surface area contributed by atoms with Crippen LogP contribution >= 0.6 is 0 Å². The molecule has 0 spiro atoms. The van der Waals surface area contributed by atoms with Crippen molar-refractivity contribution in [2.24, 2.45) is 0 Å². The molecule has 2 N–H and O–H groups in total. The Morgan fingerprint density at radius 1 is 1.07 bits per heavy atom. The van der Waals surface area contributed by atoms with Crippen molar-refractivity contribution < 1.29 is 23.5 Å². The van der Waals surface area contributed by atoms with Crippen LogP contribution in [0.25, 0.3) is 0 Å². The first-order chi connectivity index (χ1) is 13.3. The molecule has 2 amide bonds. The minimum Gasteiger partial charge on any atom is -0.454 e. The average molecular weight is 386 g/mol. The van der Waals surface area contributed by atoms with Crippen LogP contribution in [0, 0.1) is 19.7 Å². The number of hydrogen-bond donors (Lipinski definition) is 2. The Morgan fingerprint density at radius 2 is 1.79 bits per heavy atom. The summed E-state index contributed by atoms with van der Waals surface area (Å²) < 4.78 is 18.3. The second kappa shape index (κ2) is 9.64. The molecule has 0 aliphatic carbocycles. The highest BCUT2D eigenvalue weighted by Gasteiger charge is 2.15. The monoisotopic (exact) mass is 386 g/mol. The number of esters is 1. The molecule has 6 nitrogen and oxygen atoms in total. The fourth-order valence-corrected chi connectivity index (χ4v) is 2.49. The Kier molecular flexibility index (Phi) is 7.26. The summed E-state index contributed by atoms with van der Waals surface area (Å²) in [6.45, 7) is 4.90. The predicted octanol–water partition coefficient (Wildman–Crippen LogP) is 2.59. The molecule has 2 aromatic carbocycles. The van der Waals surface area contributed by atoms with E-state index in [1.165, 1.54) is 18.2 Å². The summed E-state index contributed by atoms with van der Waals surface area (Å²) in [5.41, 5.74) is 3.06. The predicted molar refractivity (Wildman–Crippen MR) is 102 cm³/mol. The second-order valence-corrected chi connectivity index (χ2v) is 6.46. The number of amides is 2. The number of nitrogens with one attached hydrogen (secondary N) is 2. The summed E-state index contributed by atoms with van der Waals surface area (Å²) in [6, 6.07) is 11.1. The largest absolute Gasteiger partial charge is 0.454 e. The van der Waals surface area contributed by atoms with Crippen molar-refractivity contribution in [2.45, 2.75) is 26.8 Å². The maximum atomic E-state index is 13.5. The van der Waals surface area contributed by atoms with Gasteiger partial charge >= 0.3 is 5.97 Å². The van der Waals surface area contributed by atoms with E-state index in [-0.39, 0.29) is 11.6 Å². The normalized spacial score (nSPS) is 11.4. The molecule has 2 rings (SSSR count). The van der Waals surface area contributed by atoms with Crippen LogP contribution in [0.1, 0.15) is 40.0 Å². The summed E-state index contributed by atoms with van der Waals surface area (Å²) in [6.07, 6.45) is 0. The molecule has 0 fully saturated rings. The molecule has 7 heteroatoms. The van der Waals surface area contributed by atoms with Crippen molar-refractivity contribution in [3.63, 3.8) is 0 Å². The smallest absolute Gasteiger partial charge is 0.325 e. The van der Waals surface area contributed by atoms with Gasteiger partial charge in [0, 0.05) is 0 Å². The minimum atomic E-state index is -0.793. The molecule has 0 saturated heterocycles. The number of hydrogen-bond acceptors (Lipinski definition) is 4. The minimum absolute atomic E-state index is 0.171. The molecule has 0 radical (unpaired) electrons. The van der Waals surface area contributed by atoms with Crippen molar-refractivity contribution >= 4 is 17.8 Å². The third-order valence-corrected chi connectivity index (χ3v) is 4.28. The van der Waals surface area contributed by atoms with Crippen LogP contribution in [0.4, 0.5) is 4.39 Å². The molecule has 0 aromatic heterocycles. The van der Waals surface area contributed by atoms with Crippen molar-refractivity contribution in [1.82, 2.24) is 10.6 Å². The first-order valence-electron chi connectivity index (χ1n) is 8.82. The van der Waals surface area contributed by atoms with Crippen LogP contribution < -0.4 is 10.6 Å². The van der Waals surface area contributed by atoms with Gasteiger partial charge in [0.25, 0.3) is 11.8 Å². The lowest BCUT2D eigenvalue weighted by Crippen LogP contribution is -2.35. The lowest BCUT2D eigenvalue weighted by atomic mass is 10.0. The van der Waals surface area contributed by atoms with Crippen LogP contribution in [0.2, 0.25) is 0 Å². The van der Waals surface area contributed by atoms with Gasteiger partial charge in [-0.1, -0.05) is 30.3 Å². The molecule has 28 heavy (non-hydrogen) atoms. The highest BCUT2D eigenvalue weighted by molar-refractivity contribution is 5.96. The molecular weight excluding hydrogens is 363 g/mol. The standard InChI is InChI=1S/C21H23FN2O4/c1-13-8-9-16(10-14(13)2)15(3)24-19(25)12-28-20(26)11-23-21(27)17-6-4-5-7-18(17)22/h4-10,15H,11-12H2,1-3H3,(H,23,27)(H,24,25). The zero-order chi connectivity index (χ0) is 20.7. The quantitative estimate of drug-likeness (QED) is 0.717. The third-order valence-electron chi connectivity index (χ3n) is 4.28. The molecule has 1 unspecified atom stereocenters. The number of carbonyl (C=O) groups excluding carboxylic acids is 3. The van der Waals surface area contributed by atoms with Crippen molar-refractivity contribution in [3.05, 3.63) is 70.5 Å². The number of ether oxygens (including phenoxy) is 1. The molecule has 0 bridgehead atoms. The Bertz CT molecular complexity index is 882. The third kappa shape index (κ3) is 5.90. The molecule has 148 valence electrons. The molecular formula is C21H23FN2O4. The van der Waals surface area contributed by atoms with E-state index in [4.69, 9.17) is 4.74 Å². The van der Waals surface area contributed by atoms with Gasteiger partial charge in [-0.05, 0) is 49.6 Å². The highest BCUT2D eigenvalue weighted by atomic mass is 19.1. The van der Waals surface area contributed by atoms with Crippen LogP contribution in [0.15, 0.2) is 42.5 Å². The Hall–Kier alpha value is -3.22. The van der Waals surface area contributed by atoms with E-state index in [1.807, 2.05) is 39.0 Å². The molecule has 0 heterocycles. The van der Waals surface area contributed by atoms with Gasteiger partial charge < -0.3 is 15.4 Å². The lowest BCUT2D eigenvalue weighted by molar-refractivity contribution is -0.147. The molecule has 1 atom stereocenters. The zero-order valence-corrected chi connectivity index (χ0v) is 16.0. The molecule has 0 aliphatic heterocycles. The van der Waals surface area contributed by atoms with Gasteiger partial charge in [0.2, 0.25) is 0 Å². The fourth-order valence-electron chi connectivity index (χ4n) is 2.49. The van der Waals surface area contributed by atoms with Gasteiger partial charge in [0.1, 0.15) is 12.4 Å². The summed E-state index contributed by atoms with van der Waals surface area (Å²) in [4.78, 5) is 35.5. The van der Waals surface area contributed by atoms with Crippen LogP contribution in [0.5, 0.6) is 0 Å². The number of carbonyl (C=O) groups is 3. The number of benzene rings is 2. The van der Waals surface area contributed by atoms with E-state index < -0.39 is 36.8 Å². The Morgan fingerprint density at radius 3 is 2.46 bits per heavy atom. The summed E-state index contributed by atoms with van der Waals surface area (Å²) in [5.74, 6) is -2.67. The average Bonchev–Trinajstić information content (AvgIpc) is 2.66. The summed E-state index contributed by atoms with van der Waals surface area (Å²) in [5, 5.41) is 5.00. The Balaban J connectivity index is 1.76. The van der Waals surface area contributed by atoms with Gasteiger partial charge in [-0.2, -0.15) is 0 Å². The SMILES string of the molecule is Cc1ccc(C(C)NC(=O)COC(=O)CNC(=O)c2ccccc2F)cc1C. The van der Waals surface area contributed by atoms with Gasteiger partial charge in [0.15, 0.2) is 6.61 Å². The maximum Gasteiger partial charge on any atom is 0.325 e. The lowest BCUT2D eigenvalue weighted by Gasteiger charge is -2.16. The van der Waals surface area contributed by atoms with Gasteiger partial charge in [-0.15, -0.1) is 0 Å². The Labute approximate surface area is 163 Å². The maximum absolute atomic E-state index is 13.5. The van der Waals surface area contributed by atoms with E-state index in [0.717, 1.165) is 22.8 Å². The van der Waals surface area contributed by atoms with E-state index in [9.17, 15) is 18.8 Å². The second-order valence-electron chi connectivity index (χ2n) is 6.46. The molecule has 0 saturated carbocycles.